The lowest BCUT2D eigenvalue weighted by Gasteiger charge is -2.30. The number of ether oxygens (including phenoxy) is 1. The highest BCUT2D eigenvalue weighted by Gasteiger charge is 2.33. The molecular weight excluding hydrogens is 337 g/mol. The Morgan fingerprint density at radius 3 is 2.25 bits per heavy atom. The van der Waals surface area contributed by atoms with Gasteiger partial charge in [0.1, 0.15) is 5.82 Å². The van der Waals surface area contributed by atoms with Gasteiger partial charge in [0.15, 0.2) is 11.9 Å². The highest BCUT2D eigenvalue weighted by molar-refractivity contribution is 7.89. The third-order valence-corrected chi connectivity index (χ3v) is 6.02. The molecule has 132 valence electrons. The first-order valence-electron chi connectivity index (χ1n) is 7.68. The van der Waals surface area contributed by atoms with Crippen LogP contribution in [-0.2, 0) is 24.3 Å². The Balaban J connectivity index is 1.98. The highest BCUT2D eigenvalue weighted by atomic mass is 32.2. The van der Waals surface area contributed by atoms with E-state index in [1.807, 2.05) is 0 Å². The van der Waals surface area contributed by atoms with Crippen molar-refractivity contribution in [1.82, 2.24) is 4.31 Å². The number of rotatable bonds is 5. The molecule has 0 N–H and O–H groups in total. The van der Waals surface area contributed by atoms with Crippen LogP contribution >= 0.6 is 0 Å². The van der Waals surface area contributed by atoms with E-state index in [9.17, 15) is 22.4 Å². The molecule has 0 amide bonds. The van der Waals surface area contributed by atoms with Crippen molar-refractivity contribution in [2.24, 2.45) is 5.92 Å². The van der Waals surface area contributed by atoms with Crippen LogP contribution in [0.25, 0.3) is 0 Å². The average Bonchev–Trinajstić information content (AvgIpc) is 2.55. The Morgan fingerprint density at radius 1 is 1.21 bits per heavy atom. The van der Waals surface area contributed by atoms with Gasteiger partial charge >= 0.3 is 5.97 Å². The Bertz CT molecular complexity index is 708. The maximum atomic E-state index is 12.9. The minimum absolute atomic E-state index is 0.0233. The molecule has 1 aliphatic rings. The van der Waals surface area contributed by atoms with Gasteiger partial charge in [0.25, 0.3) is 0 Å². The Morgan fingerprint density at radius 2 is 1.75 bits per heavy atom. The van der Waals surface area contributed by atoms with E-state index in [0.717, 1.165) is 12.1 Å². The minimum atomic E-state index is -3.70. The molecule has 0 aliphatic carbocycles. The van der Waals surface area contributed by atoms with Gasteiger partial charge in [-0.2, -0.15) is 4.31 Å². The molecule has 1 atom stereocenters. The SMILES string of the molecule is CC(=O)C(C)OC(=O)C1CCN(S(=O)(=O)c2ccc(F)cc2)CC1. The van der Waals surface area contributed by atoms with E-state index in [1.165, 1.54) is 30.3 Å². The normalized spacial score (nSPS) is 18.1. The molecule has 24 heavy (non-hydrogen) atoms. The largest absolute Gasteiger partial charge is 0.454 e. The summed E-state index contributed by atoms with van der Waals surface area (Å²) in [4.78, 5) is 23.2. The van der Waals surface area contributed by atoms with Crippen LogP contribution in [0.1, 0.15) is 26.7 Å². The lowest BCUT2D eigenvalue weighted by Crippen LogP contribution is -2.41. The fraction of sp³-hybridized carbons (Fsp3) is 0.500. The number of esters is 1. The summed E-state index contributed by atoms with van der Waals surface area (Å²) in [7, 11) is -3.70. The average molecular weight is 357 g/mol. The van der Waals surface area contributed by atoms with Crippen LogP contribution in [0.4, 0.5) is 4.39 Å². The van der Waals surface area contributed by atoms with Gasteiger partial charge in [-0.3, -0.25) is 9.59 Å². The fourth-order valence-corrected chi connectivity index (χ4v) is 3.91. The lowest BCUT2D eigenvalue weighted by atomic mass is 9.98. The molecule has 1 saturated heterocycles. The van der Waals surface area contributed by atoms with Crippen molar-refractivity contribution in [2.75, 3.05) is 13.1 Å². The first-order chi connectivity index (χ1) is 11.2. The minimum Gasteiger partial charge on any atom is -0.454 e. The van der Waals surface area contributed by atoms with Crippen LogP contribution in [0, 0.1) is 11.7 Å². The van der Waals surface area contributed by atoms with E-state index in [0.29, 0.717) is 12.8 Å². The van der Waals surface area contributed by atoms with Crippen molar-refractivity contribution in [1.29, 1.82) is 0 Å². The molecule has 2 rings (SSSR count). The zero-order valence-corrected chi connectivity index (χ0v) is 14.4. The molecular formula is C16H20FNO5S. The second-order valence-corrected chi connectivity index (χ2v) is 7.76. The summed E-state index contributed by atoms with van der Waals surface area (Å²) in [6.45, 7) is 3.20. The zero-order chi connectivity index (χ0) is 17.9. The van der Waals surface area contributed by atoms with Crippen LogP contribution < -0.4 is 0 Å². The number of piperidine rings is 1. The summed E-state index contributed by atoms with van der Waals surface area (Å²) in [5, 5.41) is 0. The van der Waals surface area contributed by atoms with E-state index in [1.54, 1.807) is 0 Å². The van der Waals surface area contributed by atoms with Crippen LogP contribution in [0.15, 0.2) is 29.2 Å². The summed E-state index contributed by atoms with van der Waals surface area (Å²) in [5.41, 5.74) is 0. The lowest BCUT2D eigenvalue weighted by molar-refractivity contribution is -0.158. The number of carbonyl (C=O) groups excluding carboxylic acids is 2. The smallest absolute Gasteiger partial charge is 0.309 e. The summed E-state index contributed by atoms with van der Waals surface area (Å²) in [6.07, 6.45) is -0.146. The van der Waals surface area contributed by atoms with Crippen molar-refractivity contribution in [3.8, 4) is 0 Å². The quantitative estimate of drug-likeness (QED) is 0.750. The van der Waals surface area contributed by atoms with Crippen molar-refractivity contribution in [3.63, 3.8) is 0 Å². The van der Waals surface area contributed by atoms with Crippen molar-refractivity contribution in [2.45, 2.75) is 37.7 Å². The topological polar surface area (TPSA) is 80.8 Å². The Hall–Kier alpha value is -1.80. The Kier molecular flexibility index (Phi) is 5.71. The van der Waals surface area contributed by atoms with Gasteiger partial charge < -0.3 is 4.74 Å². The first-order valence-corrected chi connectivity index (χ1v) is 9.12. The summed E-state index contributed by atoms with van der Waals surface area (Å²) >= 11 is 0. The van der Waals surface area contributed by atoms with Crippen LogP contribution in [0.3, 0.4) is 0 Å². The van der Waals surface area contributed by atoms with Crippen molar-refractivity contribution < 1.29 is 27.1 Å². The number of hydrogen-bond donors (Lipinski definition) is 0. The zero-order valence-electron chi connectivity index (χ0n) is 13.6. The molecule has 0 saturated carbocycles. The molecule has 0 aromatic heterocycles. The van der Waals surface area contributed by atoms with Gasteiger partial charge in [0, 0.05) is 13.1 Å². The Labute approximate surface area is 140 Å². The number of hydrogen-bond acceptors (Lipinski definition) is 5. The van der Waals surface area contributed by atoms with E-state index < -0.39 is 33.8 Å². The predicted octanol–water partition coefficient (Wildman–Crippen LogP) is 1.75. The number of Topliss-reactive ketones (excluding diaryl/α,β-unsaturated/α-hetero) is 1. The van der Waals surface area contributed by atoms with E-state index in [-0.39, 0.29) is 23.8 Å². The molecule has 1 aromatic rings. The van der Waals surface area contributed by atoms with Gasteiger partial charge in [-0.05, 0) is 51.0 Å². The van der Waals surface area contributed by atoms with Gasteiger partial charge in [-0.25, -0.2) is 12.8 Å². The van der Waals surface area contributed by atoms with E-state index in [2.05, 4.69) is 0 Å². The van der Waals surface area contributed by atoms with Gasteiger partial charge in [-0.1, -0.05) is 0 Å². The molecule has 1 aliphatic heterocycles. The molecule has 1 aromatic carbocycles. The molecule has 1 fully saturated rings. The van der Waals surface area contributed by atoms with Gasteiger partial charge in [0.05, 0.1) is 10.8 Å². The number of nitrogens with zero attached hydrogens (tertiary/aromatic N) is 1. The van der Waals surface area contributed by atoms with Crippen LogP contribution in [0.5, 0.6) is 0 Å². The first kappa shape index (κ1) is 18.5. The number of benzene rings is 1. The van der Waals surface area contributed by atoms with E-state index in [4.69, 9.17) is 4.74 Å². The highest BCUT2D eigenvalue weighted by Crippen LogP contribution is 2.25. The summed E-state index contributed by atoms with van der Waals surface area (Å²) in [6, 6.07) is 4.64. The third-order valence-electron chi connectivity index (χ3n) is 4.10. The number of ketones is 1. The van der Waals surface area contributed by atoms with E-state index >= 15 is 0 Å². The summed E-state index contributed by atoms with van der Waals surface area (Å²) < 4.78 is 44.3. The standard InChI is InChI=1S/C16H20FNO5S/c1-11(19)12(2)23-16(20)13-7-9-18(10-8-13)24(21,22)15-5-3-14(17)4-6-15/h3-6,12-13H,7-10H2,1-2H3. The number of sulfonamides is 1. The fourth-order valence-electron chi connectivity index (χ4n) is 2.44. The molecule has 6 nitrogen and oxygen atoms in total. The monoisotopic (exact) mass is 357 g/mol. The molecule has 1 heterocycles. The second kappa shape index (κ2) is 7.40. The van der Waals surface area contributed by atoms with Gasteiger partial charge in [0.2, 0.25) is 10.0 Å². The van der Waals surface area contributed by atoms with Crippen LogP contribution in [-0.4, -0.2) is 43.7 Å². The predicted molar refractivity (Wildman–Crippen MR) is 84.1 cm³/mol. The van der Waals surface area contributed by atoms with Crippen molar-refractivity contribution >= 4 is 21.8 Å². The molecule has 0 spiro atoms. The molecule has 8 heteroatoms. The molecule has 1 unspecified atom stereocenters. The van der Waals surface area contributed by atoms with Crippen LogP contribution in [0.2, 0.25) is 0 Å². The number of halogens is 1. The molecule has 0 bridgehead atoms. The number of carbonyl (C=O) groups is 2. The van der Waals surface area contributed by atoms with Gasteiger partial charge in [-0.15, -0.1) is 0 Å². The second-order valence-electron chi connectivity index (χ2n) is 5.82. The summed E-state index contributed by atoms with van der Waals surface area (Å²) in [5.74, 6) is -1.64. The molecule has 0 radical (unpaired) electrons. The maximum Gasteiger partial charge on any atom is 0.309 e. The van der Waals surface area contributed by atoms with Crippen molar-refractivity contribution in [3.05, 3.63) is 30.1 Å². The third kappa shape index (κ3) is 4.18. The maximum absolute atomic E-state index is 12.9.